The Morgan fingerprint density at radius 3 is 2.73 bits per heavy atom. The van der Waals surface area contributed by atoms with Gasteiger partial charge in [-0.1, -0.05) is 19.9 Å². The Kier molecular flexibility index (Phi) is 4.40. The smallest absolute Gasteiger partial charge is 0.339 e. The van der Waals surface area contributed by atoms with Crippen LogP contribution in [0.3, 0.4) is 0 Å². The van der Waals surface area contributed by atoms with Gasteiger partial charge in [-0.2, -0.15) is 0 Å². The van der Waals surface area contributed by atoms with Crippen LogP contribution in [0.4, 0.5) is 0 Å². The van der Waals surface area contributed by atoms with E-state index in [1.807, 2.05) is 6.92 Å². The molecule has 5 unspecified atom stereocenters. The molecule has 6 heteroatoms. The predicted molar refractivity (Wildman–Crippen MR) is 93.6 cm³/mol. The molecular weight excluding hydrogens is 336 g/mol. The summed E-state index contributed by atoms with van der Waals surface area (Å²) < 4.78 is 10.9. The number of carbonyl (C=O) groups is 2. The van der Waals surface area contributed by atoms with Crippen molar-refractivity contribution in [2.45, 2.75) is 65.3 Å². The molecule has 1 aliphatic heterocycles. The highest BCUT2D eigenvalue weighted by Gasteiger charge is 2.63. The van der Waals surface area contributed by atoms with Gasteiger partial charge in [-0.05, 0) is 39.7 Å². The number of ether oxygens (including phenoxy) is 2. The van der Waals surface area contributed by atoms with E-state index in [0.717, 1.165) is 0 Å². The minimum absolute atomic E-state index is 0.243. The molecule has 26 heavy (non-hydrogen) atoms. The Hall–Kier alpha value is -1.92. The van der Waals surface area contributed by atoms with E-state index >= 15 is 0 Å². The monoisotopic (exact) mass is 362 g/mol. The lowest BCUT2D eigenvalue weighted by Gasteiger charge is -2.57. The maximum absolute atomic E-state index is 12.2. The summed E-state index contributed by atoms with van der Waals surface area (Å²) in [6.45, 7) is 8.71. The predicted octanol–water partition coefficient (Wildman–Crippen LogP) is 2.16. The fourth-order valence-electron chi connectivity index (χ4n) is 4.37. The molecule has 0 spiro atoms. The van der Waals surface area contributed by atoms with Gasteiger partial charge in [0.15, 0.2) is 0 Å². The van der Waals surface area contributed by atoms with E-state index in [-0.39, 0.29) is 11.7 Å². The molecule has 3 aliphatic rings. The van der Waals surface area contributed by atoms with Gasteiger partial charge >= 0.3 is 11.9 Å². The zero-order valence-electron chi connectivity index (χ0n) is 15.8. The van der Waals surface area contributed by atoms with E-state index in [1.165, 1.54) is 0 Å². The van der Waals surface area contributed by atoms with Crippen LogP contribution >= 0.6 is 0 Å². The van der Waals surface area contributed by atoms with Gasteiger partial charge in [-0.25, -0.2) is 9.59 Å². The maximum Gasteiger partial charge on any atom is 0.339 e. The molecule has 1 heterocycles. The molecular formula is C20H26O6. The van der Waals surface area contributed by atoms with Crippen LogP contribution < -0.4 is 0 Å². The topological polar surface area (TPSA) is 93.1 Å². The molecule has 0 aromatic carbocycles. The summed E-state index contributed by atoms with van der Waals surface area (Å²) >= 11 is 0. The van der Waals surface area contributed by atoms with Gasteiger partial charge in [-0.3, -0.25) is 0 Å². The summed E-state index contributed by atoms with van der Waals surface area (Å²) in [7, 11) is 0. The lowest BCUT2D eigenvalue weighted by molar-refractivity contribution is -0.197. The normalized spacial score (nSPS) is 39.8. The van der Waals surface area contributed by atoms with Crippen molar-refractivity contribution in [3.8, 4) is 0 Å². The number of aliphatic hydroxyl groups is 2. The number of aliphatic hydroxyl groups excluding tert-OH is 1. The quantitative estimate of drug-likeness (QED) is 0.578. The summed E-state index contributed by atoms with van der Waals surface area (Å²) in [4.78, 5) is 24.1. The number of esters is 2. The van der Waals surface area contributed by atoms with Crippen LogP contribution in [0.1, 0.15) is 47.5 Å². The zero-order valence-corrected chi connectivity index (χ0v) is 15.8. The van der Waals surface area contributed by atoms with Crippen molar-refractivity contribution < 1.29 is 29.3 Å². The third-order valence-corrected chi connectivity index (χ3v) is 6.65. The van der Waals surface area contributed by atoms with Crippen molar-refractivity contribution >= 4 is 11.9 Å². The number of hydrogen-bond acceptors (Lipinski definition) is 6. The molecule has 5 atom stereocenters. The molecule has 0 aromatic heterocycles. The van der Waals surface area contributed by atoms with E-state index in [9.17, 15) is 19.8 Å². The van der Waals surface area contributed by atoms with Gasteiger partial charge in [0.1, 0.15) is 11.9 Å². The van der Waals surface area contributed by atoms with E-state index in [4.69, 9.17) is 9.47 Å². The first-order valence-corrected chi connectivity index (χ1v) is 8.97. The van der Waals surface area contributed by atoms with Crippen LogP contribution in [0, 0.1) is 11.3 Å². The van der Waals surface area contributed by atoms with Crippen molar-refractivity contribution in [3.63, 3.8) is 0 Å². The third-order valence-electron chi connectivity index (χ3n) is 6.65. The highest BCUT2D eigenvalue weighted by molar-refractivity contribution is 5.94. The second-order valence-corrected chi connectivity index (χ2v) is 7.79. The Morgan fingerprint density at radius 2 is 2.12 bits per heavy atom. The highest BCUT2D eigenvalue weighted by atomic mass is 16.5. The Labute approximate surface area is 153 Å². The standard InChI is InChI=1S/C20H26O6/c1-6-10(2)17(22)25-13-7-8-20(24)9-14-15(11(3)18(23)26-14)16(21)19(20,5)12(13)4/h6,9,12-13,16,21,24H,7-8H2,1-5H3. The average molecular weight is 362 g/mol. The first kappa shape index (κ1) is 18.9. The molecule has 142 valence electrons. The van der Waals surface area contributed by atoms with Crippen LogP contribution in [0.25, 0.3) is 0 Å². The van der Waals surface area contributed by atoms with Gasteiger partial charge < -0.3 is 19.7 Å². The summed E-state index contributed by atoms with van der Waals surface area (Å²) in [6.07, 6.45) is 2.46. The second-order valence-electron chi connectivity index (χ2n) is 7.79. The number of carbonyl (C=O) groups excluding carboxylic acids is 2. The molecule has 6 nitrogen and oxygen atoms in total. The van der Waals surface area contributed by atoms with Crippen molar-refractivity contribution in [1.29, 1.82) is 0 Å². The summed E-state index contributed by atoms with van der Waals surface area (Å²) in [6, 6.07) is 0. The molecule has 0 saturated heterocycles. The van der Waals surface area contributed by atoms with Gasteiger partial charge in [0.2, 0.25) is 0 Å². The van der Waals surface area contributed by atoms with Crippen LogP contribution in [0.15, 0.2) is 34.6 Å². The first-order chi connectivity index (χ1) is 12.1. The summed E-state index contributed by atoms with van der Waals surface area (Å²) in [5, 5.41) is 22.4. The molecule has 2 aliphatic carbocycles. The number of allylic oxidation sites excluding steroid dienone is 1. The second kappa shape index (κ2) is 6.06. The molecule has 1 saturated carbocycles. The van der Waals surface area contributed by atoms with Crippen LogP contribution in [0.5, 0.6) is 0 Å². The SMILES string of the molecule is CC=C(C)C(=O)OC1CCC2(O)C=C3OC(=O)C(C)=C3C(O)C2(C)C1C. The fourth-order valence-corrected chi connectivity index (χ4v) is 4.37. The Bertz CT molecular complexity index is 760. The highest BCUT2D eigenvalue weighted by Crippen LogP contribution is 2.58. The first-order valence-electron chi connectivity index (χ1n) is 8.97. The van der Waals surface area contributed by atoms with E-state index in [2.05, 4.69) is 0 Å². The van der Waals surface area contributed by atoms with E-state index in [1.54, 1.807) is 39.8 Å². The molecule has 0 radical (unpaired) electrons. The molecule has 1 fully saturated rings. The van der Waals surface area contributed by atoms with Crippen molar-refractivity contribution in [1.82, 2.24) is 0 Å². The van der Waals surface area contributed by atoms with Gasteiger partial charge in [-0.15, -0.1) is 0 Å². The van der Waals surface area contributed by atoms with Crippen molar-refractivity contribution in [3.05, 3.63) is 34.6 Å². The summed E-state index contributed by atoms with van der Waals surface area (Å²) in [5.41, 5.74) is -1.08. The zero-order chi connectivity index (χ0) is 19.4. The average Bonchev–Trinajstić information content (AvgIpc) is 2.87. The number of fused-ring (bicyclic) bond motifs is 2. The van der Waals surface area contributed by atoms with Gasteiger partial charge in [0, 0.05) is 28.1 Å². The molecule has 2 N–H and O–H groups in total. The molecule has 0 aromatic rings. The van der Waals surface area contributed by atoms with Crippen molar-refractivity contribution in [2.75, 3.05) is 0 Å². The van der Waals surface area contributed by atoms with E-state index < -0.39 is 35.2 Å². The van der Waals surface area contributed by atoms with Crippen LogP contribution in [0.2, 0.25) is 0 Å². The molecule has 0 bridgehead atoms. The lowest BCUT2D eigenvalue weighted by atomic mass is 9.52. The number of rotatable bonds is 2. The van der Waals surface area contributed by atoms with Crippen LogP contribution in [-0.2, 0) is 19.1 Å². The van der Waals surface area contributed by atoms with Gasteiger partial charge in [0.05, 0.1) is 11.7 Å². The lowest BCUT2D eigenvalue weighted by Crippen LogP contribution is -2.64. The molecule has 3 rings (SSSR count). The maximum atomic E-state index is 12.2. The Balaban J connectivity index is 2.00. The minimum atomic E-state index is -1.35. The summed E-state index contributed by atoms with van der Waals surface area (Å²) in [5.74, 6) is -0.990. The molecule has 0 amide bonds. The Morgan fingerprint density at radius 1 is 1.46 bits per heavy atom. The van der Waals surface area contributed by atoms with Crippen molar-refractivity contribution in [2.24, 2.45) is 11.3 Å². The number of hydrogen-bond donors (Lipinski definition) is 2. The largest absolute Gasteiger partial charge is 0.459 e. The minimum Gasteiger partial charge on any atom is -0.459 e. The van der Waals surface area contributed by atoms with E-state index in [0.29, 0.717) is 29.6 Å². The fraction of sp³-hybridized carbons (Fsp3) is 0.600. The van der Waals surface area contributed by atoms with Gasteiger partial charge in [0.25, 0.3) is 0 Å². The van der Waals surface area contributed by atoms with Crippen LogP contribution in [-0.4, -0.2) is 40.0 Å². The third kappa shape index (κ3) is 2.39.